The van der Waals surface area contributed by atoms with Gasteiger partial charge in [-0.05, 0) is 78.6 Å². The van der Waals surface area contributed by atoms with Crippen molar-refractivity contribution < 1.29 is 0 Å². The van der Waals surface area contributed by atoms with E-state index in [1.165, 1.54) is 76.3 Å². The molecule has 5 aromatic rings. The molecule has 0 fully saturated rings. The molecule has 186 valence electrons. The number of rotatable bonds is 3. The van der Waals surface area contributed by atoms with Crippen molar-refractivity contribution >= 4 is 57.9 Å². The summed E-state index contributed by atoms with van der Waals surface area (Å²) in [6.07, 6.45) is 3.42. The highest BCUT2D eigenvalue weighted by molar-refractivity contribution is 6.93. The fourth-order valence-corrected chi connectivity index (χ4v) is 8.37. The van der Waals surface area contributed by atoms with Crippen molar-refractivity contribution in [1.82, 2.24) is 4.40 Å². The van der Waals surface area contributed by atoms with Gasteiger partial charge in [0.05, 0.1) is 24.6 Å². The van der Waals surface area contributed by atoms with E-state index in [0.29, 0.717) is 0 Å². The standard InChI is InChI=1S/C34H41NSi/c1-12-29(36(9,10)11)27-16-15-26-25-14-13-24(19-34(6,7)8)18-28(25)35-32-21(3)17-20(2)22(4)30(32)23(5)31(27)33(26)35/h12-18H,5,19H2,1-4,6-11H3/b29-12+. The maximum Gasteiger partial charge on any atom is 0.0779 e. The summed E-state index contributed by atoms with van der Waals surface area (Å²) in [5.41, 5.74) is 11.0. The minimum atomic E-state index is -1.58. The van der Waals surface area contributed by atoms with Crippen molar-refractivity contribution in [2.24, 2.45) is 5.41 Å². The van der Waals surface area contributed by atoms with Gasteiger partial charge in [0.25, 0.3) is 0 Å². The minimum Gasteiger partial charge on any atom is -0.308 e. The minimum absolute atomic E-state index is 0.244. The number of pyridine rings is 1. The predicted molar refractivity (Wildman–Crippen MR) is 165 cm³/mol. The topological polar surface area (TPSA) is 4.41 Å². The second-order valence-electron chi connectivity index (χ2n) is 13.1. The molecule has 0 unspecified atom stereocenters. The quantitative estimate of drug-likeness (QED) is 0.175. The van der Waals surface area contributed by atoms with Crippen LogP contribution in [0.3, 0.4) is 0 Å². The summed E-state index contributed by atoms with van der Waals surface area (Å²) in [4.78, 5) is 0. The first-order valence-corrected chi connectivity index (χ1v) is 16.8. The van der Waals surface area contributed by atoms with Gasteiger partial charge in [-0.2, -0.15) is 0 Å². The van der Waals surface area contributed by atoms with E-state index in [4.69, 9.17) is 6.58 Å². The Hall–Kier alpha value is -2.84. The molecule has 3 aromatic carbocycles. The second kappa shape index (κ2) is 8.08. The van der Waals surface area contributed by atoms with Gasteiger partial charge < -0.3 is 4.40 Å². The number of hydrogen-bond donors (Lipinski definition) is 0. The lowest BCUT2D eigenvalue weighted by molar-refractivity contribution is 0.411. The van der Waals surface area contributed by atoms with Gasteiger partial charge in [0.1, 0.15) is 0 Å². The van der Waals surface area contributed by atoms with Crippen LogP contribution in [0.2, 0.25) is 19.6 Å². The number of nitrogens with zero attached hydrogens (tertiary/aromatic N) is 1. The Bertz CT molecular complexity index is 1760. The summed E-state index contributed by atoms with van der Waals surface area (Å²) < 4.78 is 2.58. The average Bonchev–Trinajstić information content (AvgIpc) is 3.07. The van der Waals surface area contributed by atoms with Crippen LogP contribution in [-0.4, -0.2) is 12.5 Å². The zero-order valence-electron chi connectivity index (χ0n) is 23.9. The van der Waals surface area contributed by atoms with Gasteiger partial charge in [-0.15, -0.1) is 0 Å². The Morgan fingerprint density at radius 1 is 0.889 bits per heavy atom. The van der Waals surface area contributed by atoms with E-state index < -0.39 is 8.07 Å². The van der Waals surface area contributed by atoms with Crippen LogP contribution in [0, 0.1) is 26.2 Å². The summed E-state index contributed by atoms with van der Waals surface area (Å²) in [6.45, 7) is 28.1. The van der Waals surface area contributed by atoms with Gasteiger partial charge in [0, 0.05) is 21.5 Å². The van der Waals surface area contributed by atoms with Crippen LogP contribution in [-0.2, 0) is 6.42 Å². The molecule has 0 saturated carbocycles. The highest BCUT2D eigenvalue weighted by atomic mass is 28.3. The molecular formula is C34H41NSi. The molecule has 2 heteroatoms. The van der Waals surface area contributed by atoms with Crippen LogP contribution < -0.4 is 5.22 Å². The zero-order chi connectivity index (χ0) is 26.3. The molecule has 0 amide bonds. The molecule has 0 spiro atoms. The summed E-state index contributed by atoms with van der Waals surface area (Å²) in [6, 6.07) is 14.3. The zero-order valence-corrected chi connectivity index (χ0v) is 24.9. The molecule has 5 rings (SSSR count). The Morgan fingerprint density at radius 3 is 2.17 bits per heavy atom. The smallest absolute Gasteiger partial charge is 0.0779 e. The molecule has 1 nitrogen and oxygen atoms in total. The van der Waals surface area contributed by atoms with Crippen LogP contribution in [0.5, 0.6) is 0 Å². The van der Waals surface area contributed by atoms with Crippen LogP contribution in [0.4, 0.5) is 0 Å². The fourth-order valence-electron chi connectivity index (χ4n) is 6.48. The number of fused-ring (bicyclic) bond motifs is 5. The van der Waals surface area contributed by atoms with Gasteiger partial charge in [-0.1, -0.05) is 88.6 Å². The van der Waals surface area contributed by atoms with Gasteiger partial charge in [-0.3, -0.25) is 0 Å². The second-order valence-corrected chi connectivity index (χ2v) is 18.1. The number of aromatic nitrogens is 1. The lowest BCUT2D eigenvalue weighted by atomic mass is 9.88. The molecule has 36 heavy (non-hydrogen) atoms. The van der Waals surface area contributed by atoms with Gasteiger partial charge in [0.15, 0.2) is 0 Å². The summed E-state index contributed by atoms with van der Waals surface area (Å²) in [5.74, 6) is 0. The van der Waals surface area contributed by atoms with Crippen molar-refractivity contribution in [3.05, 3.63) is 75.5 Å². The third-order valence-corrected chi connectivity index (χ3v) is 10.1. The number of allylic oxidation sites excluding steroid dienone is 1. The first kappa shape index (κ1) is 24.8. The normalized spacial score (nSPS) is 13.7. The van der Waals surface area contributed by atoms with Gasteiger partial charge in [0.2, 0.25) is 0 Å². The summed E-state index contributed by atoms with van der Waals surface area (Å²) in [7, 11) is -1.58. The van der Waals surface area contributed by atoms with Crippen LogP contribution >= 0.6 is 0 Å². The lowest BCUT2D eigenvalue weighted by Crippen LogP contribution is -2.24. The summed E-state index contributed by atoms with van der Waals surface area (Å²) in [5, 5.41) is 8.01. The number of hydrogen-bond acceptors (Lipinski definition) is 0. The average molecular weight is 492 g/mol. The molecule has 0 aliphatic carbocycles. The van der Waals surface area contributed by atoms with Crippen molar-refractivity contribution in [3.63, 3.8) is 0 Å². The van der Waals surface area contributed by atoms with Crippen molar-refractivity contribution in [2.75, 3.05) is 0 Å². The number of aryl methyl sites for hydroxylation is 3. The third-order valence-electron chi connectivity index (χ3n) is 7.95. The maximum absolute atomic E-state index is 4.79. The molecule has 0 aliphatic heterocycles. The largest absolute Gasteiger partial charge is 0.308 e. The van der Waals surface area contributed by atoms with E-state index in [0.717, 1.165) is 6.42 Å². The van der Waals surface area contributed by atoms with Crippen LogP contribution in [0.1, 0.15) is 55.5 Å². The molecule has 0 N–H and O–H groups in total. The lowest BCUT2D eigenvalue weighted by Gasteiger charge is -2.24. The Balaban J connectivity index is 2.11. The van der Waals surface area contributed by atoms with Crippen molar-refractivity contribution in [2.45, 2.75) is 74.5 Å². The third kappa shape index (κ3) is 3.65. The molecule has 0 bridgehead atoms. The van der Waals surface area contributed by atoms with Crippen molar-refractivity contribution in [1.29, 1.82) is 0 Å². The molecule has 0 aliphatic rings. The van der Waals surface area contributed by atoms with E-state index in [1.54, 1.807) is 0 Å². The summed E-state index contributed by atoms with van der Waals surface area (Å²) >= 11 is 0. The molecular weight excluding hydrogens is 450 g/mol. The first-order chi connectivity index (χ1) is 16.7. The van der Waals surface area contributed by atoms with E-state index in [1.807, 2.05) is 0 Å². The molecule has 2 heterocycles. The van der Waals surface area contributed by atoms with Crippen molar-refractivity contribution in [3.8, 4) is 0 Å². The molecule has 2 aromatic heterocycles. The Kier molecular flexibility index (Phi) is 5.57. The monoisotopic (exact) mass is 491 g/mol. The first-order valence-electron chi connectivity index (χ1n) is 13.3. The molecule has 0 atom stereocenters. The van der Waals surface area contributed by atoms with E-state index in [2.05, 4.69) is 115 Å². The van der Waals surface area contributed by atoms with Crippen LogP contribution in [0.25, 0.3) is 49.9 Å². The highest BCUT2D eigenvalue weighted by Crippen LogP contribution is 2.40. The van der Waals surface area contributed by atoms with E-state index in [-0.39, 0.29) is 5.41 Å². The van der Waals surface area contributed by atoms with E-state index >= 15 is 0 Å². The molecule has 0 saturated heterocycles. The Morgan fingerprint density at radius 2 is 1.56 bits per heavy atom. The van der Waals surface area contributed by atoms with Gasteiger partial charge in [-0.25, -0.2) is 0 Å². The van der Waals surface area contributed by atoms with Crippen LogP contribution in [0.15, 0.2) is 42.5 Å². The SMILES string of the molecule is C=c1c2c(C)c(C)cc(C)c2n2c3cc(CC(C)(C)C)ccc3c3ccc(/C(=C\C)[Si](C)(C)C)c1c32. The Labute approximate surface area is 217 Å². The number of benzene rings is 3. The molecule has 0 radical (unpaired) electrons. The highest BCUT2D eigenvalue weighted by Gasteiger charge is 2.26. The fraction of sp³-hybridized carbons (Fsp3) is 0.353. The van der Waals surface area contributed by atoms with E-state index in [9.17, 15) is 0 Å². The maximum atomic E-state index is 4.79. The predicted octanol–water partition coefficient (Wildman–Crippen LogP) is 9.32. The van der Waals surface area contributed by atoms with Gasteiger partial charge >= 0.3 is 0 Å².